The minimum Gasteiger partial charge on any atom is -0.453 e. The van der Waals surface area contributed by atoms with Crippen LogP contribution in [-0.2, 0) is 6.42 Å². The van der Waals surface area contributed by atoms with Crippen molar-refractivity contribution >= 4 is 22.2 Å². The first-order valence-corrected chi connectivity index (χ1v) is 6.27. The van der Waals surface area contributed by atoms with Crippen LogP contribution in [0.2, 0.25) is 0 Å². The van der Waals surface area contributed by atoms with Crippen LogP contribution in [0.4, 0.5) is 0 Å². The Morgan fingerprint density at radius 2 is 2.12 bits per heavy atom. The lowest BCUT2D eigenvalue weighted by Crippen LogP contribution is -2.24. The molecule has 90 valence electrons. The number of carbonyl (C=O) groups is 1. The summed E-state index contributed by atoms with van der Waals surface area (Å²) >= 11 is 3.38. The molecule has 0 radical (unpaired) electrons. The molecule has 1 aromatic rings. The highest BCUT2D eigenvalue weighted by molar-refractivity contribution is 9.10. The van der Waals surface area contributed by atoms with Gasteiger partial charge in [0.2, 0.25) is 6.79 Å². The van der Waals surface area contributed by atoms with Crippen LogP contribution >= 0.6 is 15.9 Å². The maximum Gasteiger partial charge on any atom is 0.231 e. The highest BCUT2D eigenvalue weighted by atomic mass is 79.9. The average Bonchev–Trinajstić information content (AvgIpc) is 2.81. The van der Waals surface area contributed by atoms with Gasteiger partial charge in [-0.15, -0.1) is 0 Å². The lowest BCUT2D eigenvalue weighted by atomic mass is 10.0. The number of hydrogen-bond acceptors (Lipinski definition) is 4. The van der Waals surface area contributed by atoms with E-state index in [0.717, 1.165) is 35.6 Å². The van der Waals surface area contributed by atoms with Crippen LogP contribution in [0.1, 0.15) is 28.8 Å². The van der Waals surface area contributed by atoms with Gasteiger partial charge in [-0.25, -0.2) is 0 Å². The largest absolute Gasteiger partial charge is 0.453 e. The Hall–Kier alpha value is -1.07. The van der Waals surface area contributed by atoms with Crippen molar-refractivity contribution in [2.24, 2.45) is 5.73 Å². The summed E-state index contributed by atoms with van der Waals surface area (Å²) in [5.74, 6) is 1.21. The Morgan fingerprint density at radius 3 is 2.76 bits per heavy atom. The summed E-state index contributed by atoms with van der Waals surface area (Å²) in [4.78, 5) is 11.0. The smallest absolute Gasteiger partial charge is 0.231 e. The Kier molecular flexibility index (Phi) is 2.41. The second-order valence-electron chi connectivity index (χ2n) is 4.65. The maximum atomic E-state index is 11.0. The van der Waals surface area contributed by atoms with Gasteiger partial charge in [-0.2, -0.15) is 0 Å². The minimum atomic E-state index is -0.0954. The molecule has 1 aliphatic carbocycles. The fraction of sp³-hybridized carbons (Fsp3) is 0.417. The average molecular weight is 298 g/mol. The molecular weight excluding hydrogens is 286 g/mol. The lowest BCUT2D eigenvalue weighted by molar-refractivity contribution is 0.111. The third kappa shape index (κ3) is 1.83. The Morgan fingerprint density at radius 1 is 1.41 bits per heavy atom. The van der Waals surface area contributed by atoms with Gasteiger partial charge in [0.1, 0.15) is 0 Å². The number of ether oxygens (including phenoxy) is 2. The number of nitrogens with two attached hydrogens (primary N) is 1. The Labute approximate surface area is 107 Å². The topological polar surface area (TPSA) is 61.6 Å². The van der Waals surface area contributed by atoms with E-state index in [1.165, 1.54) is 0 Å². The monoisotopic (exact) mass is 297 g/mol. The number of halogens is 1. The molecule has 1 aromatic carbocycles. The predicted octanol–water partition coefficient (Wildman–Crippen LogP) is 2.02. The normalized spacial score (nSPS) is 19.2. The van der Waals surface area contributed by atoms with Crippen molar-refractivity contribution in [1.82, 2.24) is 0 Å². The van der Waals surface area contributed by atoms with Crippen LogP contribution < -0.4 is 15.2 Å². The molecule has 0 bridgehead atoms. The molecule has 1 aliphatic heterocycles. The van der Waals surface area contributed by atoms with Crippen molar-refractivity contribution in [2.75, 3.05) is 6.79 Å². The molecule has 0 atom stereocenters. The van der Waals surface area contributed by atoms with Crippen LogP contribution in [0.5, 0.6) is 11.5 Å². The van der Waals surface area contributed by atoms with Gasteiger partial charge >= 0.3 is 0 Å². The van der Waals surface area contributed by atoms with Gasteiger partial charge in [0.05, 0.1) is 5.56 Å². The molecule has 17 heavy (non-hydrogen) atoms. The third-order valence-electron chi connectivity index (χ3n) is 3.26. The van der Waals surface area contributed by atoms with E-state index in [9.17, 15) is 4.79 Å². The summed E-state index contributed by atoms with van der Waals surface area (Å²) < 4.78 is 11.5. The SMILES string of the molecule is NC1(Cc2cc(Br)c(C=O)c3c2OCO3)CC1. The third-order valence-corrected chi connectivity index (χ3v) is 3.92. The van der Waals surface area contributed by atoms with E-state index < -0.39 is 0 Å². The molecule has 0 saturated heterocycles. The minimum absolute atomic E-state index is 0.0954. The Bertz CT molecular complexity index is 497. The summed E-state index contributed by atoms with van der Waals surface area (Å²) in [6.45, 7) is 0.164. The zero-order chi connectivity index (χ0) is 12.0. The molecule has 3 rings (SSSR count). The second kappa shape index (κ2) is 3.71. The van der Waals surface area contributed by atoms with Gasteiger partial charge in [0.15, 0.2) is 17.8 Å². The maximum absolute atomic E-state index is 11.0. The van der Waals surface area contributed by atoms with Crippen LogP contribution in [0.3, 0.4) is 0 Å². The quantitative estimate of drug-likeness (QED) is 0.867. The number of carbonyl (C=O) groups excluding carboxylic acids is 1. The van der Waals surface area contributed by atoms with Crippen molar-refractivity contribution in [3.05, 3.63) is 21.7 Å². The first-order valence-electron chi connectivity index (χ1n) is 5.48. The van der Waals surface area contributed by atoms with Crippen LogP contribution in [-0.4, -0.2) is 18.6 Å². The van der Waals surface area contributed by atoms with Gasteiger partial charge in [0, 0.05) is 15.6 Å². The number of fused-ring (bicyclic) bond motifs is 1. The van der Waals surface area contributed by atoms with E-state index in [-0.39, 0.29) is 12.3 Å². The summed E-state index contributed by atoms with van der Waals surface area (Å²) in [5.41, 5.74) is 7.53. The Balaban J connectivity index is 2.07. The van der Waals surface area contributed by atoms with Crippen molar-refractivity contribution in [3.8, 4) is 11.5 Å². The second-order valence-corrected chi connectivity index (χ2v) is 5.51. The molecule has 4 nitrogen and oxygen atoms in total. The first-order chi connectivity index (χ1) is 8.13. The van der Waals surface area contributed by atoms with Crippen molar-refractivity contribution in [3.63, 3.8) is 0 Å². The number of rotatable bonds is 3. The van der Waals surface area contributed by atoms with E-state index in [1.54, 1.807) is 0 Å². The van der Waals surface area contributed by atoms with Crippen LogP contribution in [0, 0.1) is 0 Å². The molecule has 5 heteroatoms. The number of aldehydes is 1. The van der Waals surface area contributed by atoms with Crippen molar-refractivity contribution < 1.29 is 14.3 Å². The molecule has 2 aliphatic rings. The summed E-state index contributed by atoms with van der Waals surface area (Å²) in [6.07, 6.45) is 3.61. The lowest BCUT2D eigenvalue weighted by Gasteiger charge is -2.12. The molecule has 0 amide bonds. The molecule has 0 spiro atoms. The summed E-state index contributed by atoms with van der Waals surface area (Å²) in [5, 5.41) is 0. The molecule has 0 unspecified atom stereocenters. The summed E-state index contributed by atoms with van der Waals surface area (Å²) in [7, 11) is 0. The highest BCUT2D eigenvalue weighted by Crippen LogP contribution is 2.45. The number of benzene rings is 1. The molecule has 0 aromatic heterocycles. The fourth-order valence-electron chi connectivity index (χ4n) is 2.08. The van der Waals surface area contributed by atoms with Gasteiger partial charge < -0.3 is 15.2 Å². The van der Waals surface area contributed by atoms with E-state index in [4.69, 9.17) is 15.2 Å². The molecule has 1 saturated carbocycles. The van der Waals surface area contributed by atoms with Crippen LogP contribution in [0.15, 0.2) is 10.5 Å². The molecular formula is C12H12BrNO3. The van der Waals surface area contributed by atoms with E-state index in [1.807, 2.05) is 6.07 Å². The van der Waals surface area contributed by atoms with E-state index >= 15 is 0 Å². The highest BCUT2D eigenvalue weighted by Gasteiger charge is 2.40. The zero-order valence-corrected chi connectivity index (χ0v) is 10.7. The van der Waals surface area contributed by atoms with Crippen LogP contribution in [0.25, 0.3) is 0 Å². The van der Waals surface area contributed by atoms with Gasteiger partial charge in [-0.05, 0) is 41.3 Å². The molecule has 2 N–H and O–H groups in total. The van der Waals surface area contributed by atoms with E-state index in [2.05, 4.69) is 15.9 Å². The van der Waals surface area contributed by atoms with Crippen molar-refractivity contribution in [1.29, 1.82) is 0 Å². The summed E-state index contributed by atoms with van der Waals surface area (Å²) in [6, 6.07) is 1.91. The fourth-order valence-corrected chi connectivity index (χ4v) is 2.63. The molecule has 1 fully saturated rings. The van der Waals surface area contributed by atoms with E-state index in [0.29, 0.717) is 17.1 Å². The van der Waals surface area contributed by atoms with Gasteiger partial charge in [0.25, 0.3) is 0 Å². The molecule has 1 heterocycles. The number of hydrogen-bond donors (Lipinski definition) is 1. The first kappa shape index (κ1) is 11.0. The van der Waals surface area contributed by atoms with Crippen molar-refractivity contribution in [2.45, 2.75) is 24.8 Å². The van der Waals surface area contributed by atoms with Gasteiger partial charge in [-0.3, -0.25) is 4.79 Å². The predicted molar refractivity (Wildman–Crippen MR) is 65.5 cm³/mol. The van der Waals surface area contributed by atoms with Gasteiger partial charge in [-0.1, -0.05) is 0 Å². The zero-order valence-electron chi connectivity index (χ0n) is 9.16. The standard InChI is InChI=1S/C12H12BrNO3/c13-9-3-7(4-12(14)1-2-12)10-11(8(9)5-15)17-6-16-10/h3,5H,1-2,4,6,14H2.